The zero-order valence-corrected chi connectivity index (χ0v) is 32.9. The van der Waals surface area contributed by atoms with Crippen molar-refractivity contribution in [1.29, 1.82) is 0 Å². The van der Waals surface area contributed by atoms with Gasteiger partial charge in [-0.3, -0.25) is 0 Å². The summed E-state index contributed by atoms with van der Waals surface area (Å²) < 4.78 is 6.43. The van der Waals surface area contributed by atoms with Crippen LogP contribution in [0.3, 0.4) is 0 Å². The van der Waals surface area contributed by atoms with Crippen molar-refractivity contribution in [1.82, 2.24) is 0 Å². The zero-order valence-electron chi connectivity index (χ0n) is 32.9. The van der Waals surface area contributed by atoms with Gasteiger partial charge in [0, 0.05) is 33.9 Å². The monoisotopic (exact) mass is 765 g/mol. The largest absolute Gasteiger partial charge is 0.456 e. The van der Waals surface area contributed by atoms with Crippen molar-refractivity contribution in [3.8, 4) is 55.6 Å². The second kappa shape index (κ2) is 15.1. The van der Waals surface area contributed by atoms with E-state index in [1.165, 1.54) is 60.8 Å². The van der Waals surface area contributed by atoms with E-state index in [1.807, 2.05) is 12.1 Å². The van der Waals surface area contributed by atoms with E-state index < -0.39 is 0 Å². The Balaban J connectivity index is 1.03. The summed E-state index contributed by atoms with van der Waals surface area (Å²) in [7, 11) is 0. The molecule has 0 bridgehead atoms. The molecule has 282 valence electrons. The molecule has 0 aliphatic rings. The van der Waals surface area contributed by atoms with Crippen LogP contribution in [0.5, 0.6) is 0 Å². The molecule has 0 fully saturated rings. The van der Waals surface area contributed by atoms with E-state index in [0.717, 1.165) is 44.6 Å². The third-order valence-electron chi connectivity index (χ3n) is 11.7. The third kappa shape index (κ3) is 6.51. The van der Waals surface area contributed by atoms with Crippen LogP contribution in [0.4, 0.5) is 17.1 Å². The summed E-state index contributed by atoms with van der Waals surface area (Å²) in [6, 6.07) is 84.9. The molecule has 0 saturated heterocycles. The molecule has 0 saturated carbocycles. The van der Waals surface area contributed by atoms with Gasteiger partial charge in [-0.1, -0.05) is 170 Å². The Hall–Kier alpha value is -7.94. The summed E-state index contributed by atoms with van der Waals surface area (Å²) >= 11 is 0. The van der Waals surface area contributed by atoms with E-state index in [1.54, 1.807) is 0 Å². The first kappa shape index (κ1) is 35.2. The first-order valence-corrected chi connectivity index (χ1v) is 20.5. The van der Waals surface area contributed by atoms with Crippen LogP contribution in [-0.4, -0.2) is 0 Å². The van der Waals surface area contributed by atoms with Gasteiger partial charge in [-0.2, -0.15) is 0 Å². The number of benzene rings is 10. The molecule has 0 unspecified atom stereocenters. The molecule has 0 atom stereocenters. The van der Waals surface area contributed by atoms with Gasteiger partial charge >= 0.3 is 0 Å². The van der Waals surface area contributed by atoms with E-state index in [9.17, 15) is 0 Å². The van der Waals surface area contributed by atoms with Gasteiger partial charge in [0.05, 0.1) is 0 Å². The van der Waals surface area contributed by atoms with Crippen molar-refractivity contribution < 1.29 is 4.42 Å². The summed E-state index contributed by atoms with van der Waals surface area (Å²) in [4.78, 5) is 2.33. The number of hydrogen-bond acceptors (Lipinski definition) is 2. The van der Waals surface area contributed by atoms with E-state index >= 15 is 0 Å². The minimum Gasteiger partial charge on any atom is -0.456 e. The lowest BCUT2D eigenvalue weighted by Gasteiger charge is -2.26. The predicted octanol–water partition coefficient (Wildman–Crippen LogP) is 16.5. The van der Waals surface area contributed by atoms with Gasteiger partial charge in [-0.05, 0) is 127 Å². The topological polar surface area (TPSA) is 16.4 Å². The SMILES string of the molecule is c1ccc(-c2cc(-c3ccccc3)cc(-c3ccc(N(c4ccc(-c5ccc6ccccc6c5-c5ccccc5)cc4)c4ccc5c(c4)oc4ccccc45)cc3)c2)cc1. The fraction of sp³-hybridized carbons (Fsp3) is 0. The van der Waals surface area contributed by atoms with Crippen LogP contribution in [0.2, 0.25) is 0 Å². The highest BCUT2D eigenvalue weighted by molar-refractivity contribution is 6.07. The Morgan fingerprint density at radius 1 is 0.267 bits per heavy atom. The minimum absolute atomic E-state index is 0.863. The number of hydrogen-bond donors (Lipinski definition) is 0. The molecule has 2 nitrogen and oxygen atoms in total. The molecular weight excluding hydrogens is 727 g/mol. The molecule has 0 aliphatic carbocycles. The van der Waals surface area contributed by atoms with Gasteiger partial charge in [0.2, 0.25) is 0 Å². The molecule has 1 heterocycles. The van der Waals surface area contributed by atoms with Crippen LogP contribution < -0.4 is 4.90 Å². The van der Waals surface area contributed by atoms with E-state index in [0.29, 0.717) is 0 Å². The van der Waals surface area contributed by atoms with Gasteiger partial charge in [0.1, 0.15) is 11.2 Å². The minimum atomic E-state index is 0.863. The Bertz CT molecular complexity index is 3220. The van der Waals surface area contributed by atoms with Crippen LogP contribution in [0.15, 0.2) is 241 Å². The van der Waals surface area contributed by atoms with E-state index in [4.69, 9.17) is 4.42 Å². The molecule has 0 aliphatic heterocycles. The maximum absolute atomic E-state index is 6.43. The molecule has 11 rings (SSSR count). The summed E-state index contributed by atoms with van der Waals surface area (Å²) in [5.74, 6) is 0. The molecule has 60 heavy (non-hydrogen) atoms. The molecule has 11 aromatic rings. The Kier molecular flexibility index (Phi) is 8.87. The number of para-hydroxylation sites is 1. The zero-order chi connectivity index (χ0) is 39.8. The summed E-state index contributed by atoms with van der Waals surface area (Å²) in [5.41, 5.74) is 16.8. The number of rotatable bonds is 8. The van der Waals surface area contributed by atoms with Gasteiger partial charge in [-0.25, -0.2) is 0 Å². The maximum Gasteiger partial charge on any atom is 0.137 e. The van der Waals surface area contributed by atoms with Crippen LogP contribution in [-0.2, 0) is 0 Å². The van der Waals surface area contributed by atoms with Gasteiger partial charge in [0.15, 0.2) is 0 Å². The second-order valence-electron chi connectivity index (χ2n) is 15.3. The van der Waals surface area contributed by atoms with Gasteiger partial charge in [0.25, 0.3) is 0 Å². The van der Waals surface area contributed by atoms with Crippen molar-refractivity contribution in [2.24, 2.45) is 0 Å². The lowest BCUT2D eigenvalue weighted by Crippen LogP contribution is -2.09. The number of anilines is 3. The van der Waals surface area contributed by atoms with Gasteiger partial charge in [-0.15, -0.1) is 0 Å². The number of fused-ring (bicyclic) bond motifs is 4. The average Bonchev–Trinajstić information content (AvgIpc) is 3.70. The highest BCUT2D eigenvalue weighted by atomic mass is 16.3. The molecule has 0 spiro atoms. The van der Waals surface area contributed by atoms with Crippen LogP contribution in [0.25, 0.3) is 88.3 Å². The molecule has 2 heteroatoms. The normalized spacial score (nSPS) is 11.3. The first-order chi connectivity index (χ1) is 29.7. The van der Waals surface area contributed by atoms with Gasteiger partial charge < -0.3 is 9.32 Å². The van der Waals surface area contributed by atoms with Crippen LogP contribution in [0, 0.1) is 0 Å². The molecule has 0 amide bonds. The van der Waals surface area contributed by atoms with Crippen LogP contribution >= 0.6 is 0 Å². The summed E-state index contributed by atoms with van der Waals surface area (Å²) in [6.07, 6.45) is 0. The fourth-order valence-corrected chi connectivity index (χ4v) is 8.71. The Morgan fingerprint density at radius 2 is 0.733 bits per heavy atom. The van der Waals surface area contributed by atoms with Crippen molar-refractivity contribution in [3.63, 3.8) is 0 Å². The molecular formula is C58H39NO. The fourth-order valence-electron chi connectivity index (χ4n) is 8.71. The standard InChI is InChI=1S/C58H39NO/c1-4-14-40(15-5-1)46-36-47(41-16-6-2-7-17-41)38-48(37-46)42-24-29-49(30-25-42)59(51-33-35-55-54-22-12-13-23-56(54)60-57(55)39-51)50-31-26-44(27-32-50)53-34-28-43-18-10-11-21-52(43)58(53)45-19-8-3-9-20-45/h1-39H. The number of nitrogens with zero attached hydrogens (tertiary/aromatic N) is 1. The van der Waals surface area contributed by atoms with E-state index in [2.05, 4.69) is 229 Å². The Morgan fingerprint density at radius 3 is 1.35 bits per heavy atom. The smallest absolute Gasteiger partial charge is 0.137 e. The molecule has 1 aromatic heterocycles. The average molecular weight is 766 g/mol. The third-order valence-corrected chi connectivity index (χ3v) is 11.7. The highest BCUT2D eigenvalue weighted by Gasteiger charge is 2.18. The van der Waals surface area contributed by atoms with Crippen molar-refractivity contribution in [2.45, 2.75) is 0 Å². The van der Waals surface area contributed by atoms with Crippen LogP contribution in [0.1, 0.15) is 0 Å². The Labute approximate surface area is 349 Å². The quantitative estimate of drug-likeness (QED) is 0.153. The molecule has 0 radical (unpaired) electrons. The van der Waals surface area contributed by atoms with E-state index in [-0.39, 0.29) is 0 Å². The predicted molar refractivity (Wildman–Crippen MR) is 253 cm³/mol. The number of furan rings is 1. The first-order valence-electron chi connectivity index (χ1n) is 20.5. The van der Waals surface area contributed by atoms with Crippen molar-refractivity contribution >= 4 is 49.8 Å². The summed E-state index contributed by atoms with van der Waals surface area (Å²) in [5, 5.41) is 4.71. The van der Waals surface area contributed by atoms with Crippen molar-refractivity contribution in [3.05, 3.63) is 237 Å². The summed E-state index contributed by atoms with van der Waals surface area (Å²) in [6.45, 7) is 0. The lowest BCUT2D eigenvalue weighted by molar-refractivity contribution is 0.669. The van der Waals surface area contributed by atoms with Crippen molar-refractivity contribution in [2.75, 3.05) is 4.90 Å². The maximum atomic E-state index is 6.43. The molecule has 10 aromatic carbocycles. The highest BCUT2D eigenvalue weighted by Crippen LogP contribution is 2.43. The second-order valence-corrected chi connectivity index (χ2v) is 15.3. The lowest BCUT2D eigenvalue weighted by atomic mass is 9.90. The molecule has 0 N–H and O–H groups in total.